The number of anilines is 1. The molecule has 106 valence electrons. The maximum atomic E-state index is 11.9. The SMILES string of the molecule is Cc1cccc(NC(=O)CN2C(=O)CSC(C)C2=O)c1. The number of imide groups is 1. The third-order valence-electron chi connectivity index (χ3n) is 2.98. The molecule has 20 heavy (non-hydrogen) atoms. The minimum atomic E-state index is -0.364. The summed E-state index contributed by atoms with van der Waals surface area (Å²) in [4.78, 5) is 36.5. The number of nitrogens with one attached hydrogen (secondary N) is 1. The third-order valence-corrected chi connectivity index (χ3v) is 4.09. The van der Waals surface area contributed by atoms with E-state index in [2.05, 4.69) is 5.32 Å². The van der Waals surface area contributed by atoms with Crippen LogP contribution in [0.25, 0.3) is 0 Å². The number of hydrogen-bond acceptors (Lipinski definition) is 4. The van der Waals surface area contributed by atoms with Crippen LogP contribution in [0.15, 0.2) is 24.3 Å². The summed E-state index contributed by atoms with van der Waals surface area (Å²) >= 11 is 1.30. The van der Waals surface area contributed by atoms with Gasteiger partial charge in [-0.05, 0) is 31.5 Å². The molecule has 1 N–H and O–H groups in total. The van der Waals surface area contributed by atoms with Gasteiger partial charge >= 0.3 is 0 Å². The van der Waals surface area contributed by atoms with Crippen molar-refractivity contribution in [2.24, 2.45) is 0 Å². The topological polar surface area (TPSA) is 66.5 Å². The van der Waals surface area contributed by atoms with Gasteiger partial charge in [0.25, 0.3) is 0 Å². The van der Waals surface area contributed by atoms with Crippen LogP contribution >= 0.6 is 11.8 Å². The number of hydrogen-bond donors (Lipinski definition) is 1. The first-order chi connectivity index (χ1) is 9.47. The van der Waals surface area contributed by atoms with Gasteiger partial charge in [0.2, 0.25) is 17.7 Å². The van der Waals surface area contributed by atoms with E-state index in [1.54, 1.807) is 13.0 Å². The average Bonchev–Trinajstić information content (AvgIpc) is 2.39. The fraction of sp³-hybridized carbons (Fsp3) is 0.357. The summed E-state index contributed by atoms with van der Waals surface area (Å²) in [6, 6.07) is 7.35. The zero-order chi connectivity index (χ0) is 14.7. The summed E-state index contributed by atoms with van der Waals surface area (Å²) in [5, 5.41) is 2.42. The molecule has 1 saturated heterocycles. The Morgan fingerprint density at radius 3 is 2.90 bits per heavy atom. The van der Waals surface area contributed by atoms with Crippen molar-refractivity contribution in [2.45, 2.75) is 19.1 Å². The van der Waals surface area contributed by atoms with E-state index in [-0.39, 0.29) is 35.3 Å². The van der Waals surface area contributed by atoms with E-state index in [0.717, 1.165) is 10.5 Å². The Labute approximate surface area is 121 Å². The van der Waals surface area contributed by atoms with Gasteiger partial charge in [0.15, 0.2) is 0 Å². The lowest BCUT2D eigenvalue weighted by Crippen LogP contribution is -2.49. The lowest BCUT2D eigenvalue weighted by atomic mass is 10.2. The van der Waals surface area contributed by atoms with Gasteiger partial charge in [0.1, 0.15) is 6.54 Å². The lowest BCUT2D eigenvalue weighted by molar-refractivity contribution is -0.145. The molecule has 1 aliphatic rings. The van der Waals surface area contributed by atoms with Gasteiger partial charge in [-0.15, -0.1) is 11.8 Å². The molecule has 5 nitrogen and oxygen atoms in total. The zero-order valence-corrected chi connectivity index (χ0v) is 12.2. The molecule has 1 atom stereocenters. The molecule has 1 aliphatic heterocycles. The summed E-state index contributed by atoms with van der Waals surface area (Å²) in [5.74, 6) is -0.732. The lowest BCUT2D eigenvalue weighted by Gasteiger charge is -2.27. The van der Waals surface area contributed by atoms with Gasteiger partial charge in [-0.3, -0.25) is 19.3 Å². The summed E-state index contributed by atoms with van der Waals surface area (Å²) < 4.78 is 0. The van der Waals surface area contributed by atoms with Crippen LogP contribution in [0, 0.1) is 6.92 Å². The highest BCUT2D eigenvalue weighted by atomic mass is 32.2. The van der Waals surface area contributed by atoms with Crippen LogP contribution < -0.4 is 5.32 Å². The highest BCUT2D eigenvalue weighted by molar-refractivity contribution is 8.01. The van der Waals surface area contributed by atoms with Crippen molar-refractivity contribution in [1.29, 1.82) is 0 Å². The van der Waals surface area contributed by atoms with Crippen molar-refractivity contribution in [3.05, 3.63) is 29.8 Å². The Morgan fingerprint density at radius 2 is 2.20 bits per heavy atom. The van der Waals surface area contributed by atoms with E-state index >= 15 is 0 Å². The molecule has 0 bridgehead atoms. The molecule has 1 heterocycles. The Balaban J connectivity index is 2.00. The molecule has 0 aromatic heterocycles. The van der Waals surface area contributed by atoms with E-state index < -0.39 is 0 Å². The van der Waals surface area contributed by atoms with E-state index in [0.29, 0.717) is 5.69 Å². The second-order valence-corrected chi connectivity index (χ2v) is 6.02. The van der Waals surface area contributed by atoms with Gasteiger partial charge < -0.3 is 5.32 Å². The largest absolute Gasteiger partial charge is 0.325 e. The number of carbonyl (C=O) groups excluding carboxylic acids is 3. The average molecular weight is 292 g/mol. The molecule has 1 aromatic rings. The van der Waals surface area contributed by atoms with Crippen LogP contribution in [-0.2, 0) is 14.4 Å². The molecule has 0 saturated carbocycles. The van der Waals surface area contributed by atoms with Crippen LogP contribution in [-0.4, -0.2) is 40.2 Å². The Hall–Kier alpha value is -1.82. The first-order valence-corrected chi connectivity index (χ1v) is 7.34. The van der Waals surface area contributed by atoms with Crippen LogP contribution in [0.1, 0.15) is 12.5 Å². The molecule has 1 aromatic carbocycles. The van der Waals surface area contributed by atoms with Crippen molar-refractivity contribution in [2.75, 3.05) is 17.6 Å². The van der Waals surface area contributed by atoms with Gasteiger partial charge in [0.05, 0.1) is 11.0 Å². The number of nitrogens with zero attached hydrogens (tertiary/aromatic N) is 1. The van der Waals surface area contributed by atoms with Gasteiger partial charge in [-0.2, -0.15) is 0 Å². The van der Waals surface area contributed by atoms with E-state index in [4.69, 9.17) is 0 Å². The summed E-state index contributed by atoms with van der Waals surface area (Å²) in [5.41, 5.74) is 1.69. The highest BCUT2D eigenvalue weighted by Gasteiger charge is 2.33. The minimum absolute atomic E-state index is 0.226. The summed E-state index contributed by atoms with van der Waals surface area (Å²) in [7, 11) is 0. The molecular formula is C14H16N2O3S. The normalized spacial score (nSPS) is 19.1. The van der Waals surface area contributed by atoms with Gasteiger partial charge in [0, 0.05) is 5.69 Å². The Bertz CT molecular complexity index is 559. The maximum Gasteiger partial charge on any atom is 0.244 e. The molecule has 0 spiro atoms. The van der Waals surface area contributed by atoms with E-state index in [1.165, 1.54) is 11.8 Å². The number of carbonyl (C=O) groups is 3. The van der Waals surface area contributed by atoms with Crippen LogP contribution in [0.3, 0.4) is 0 Å². The Kier molecular flexibility index (Phi) is 4.44. The monoisotopic (exact) mass is 292 g/mol. The highest BCUT2D eigenvalue weighted by Crippen LogP contribution is 2.20. The maximum absolute atomic E-state index is 11.9. The van der Waals surface area contributed by atoms with Gasteiger partial charge in [-0.25, -0.2) is 0 Å². The number of amides is 3. The smallest absolute Gasteiger partial charge is 0.244 e. The van der Waals surface area contributed by atoms with E-state index in [1.807, 2.05) is 25.1 Å². The minimum Gasteiger partial charge on any atom is -0.325 e. The Morgan fingerprint density at radius 1 is 1.45 bits per heavy atom. The quantitative estimate of drug-likeness (QED) is 0.856. The number of thioether (sulfide) groups is 1. The van der Waals surface area contributed by atoms with Crippen molar-refractivity contribution in [3.63, 3.8) is 0 Å². The molecule has 1 unspecified atom stereocenters. The third kappa shape index (κ3) is 3.39. The standard InChI is InChI=1S/C14H16N2O3S/c1-9-4-3-5-11(6-9)15-12(17)7-16-13(18)8-20-10(2)14(16)19/h3-6,10H,7-8H2,1-2H3,(H,15,17). The summed E-state index contributed by atoms with van der Waals surface area (Å²) in [6.45, 7) is 3.44. The molecule has 0 aliphatic carbocycles. The second-order valence-electron chi connectivity index (χ2n) is 4.69. The first-order valence-electron chi connectivity index (χ1n) is 6.29. The molecule has 6 heteroatoms. The van der Waals surface area contributed by atoms with Crippen molar-refractivity contribution >= 4 is 35.2 Å². The molecule has 0 radical (unpaired) electrons. The second kappa shape index (κ2) is 6.09. The van der Waals surface area contributed by atoms with E-state index in [9.17, 15) is 14.4 Å². The summed E-state index contributed by atoms with van der Waals surface area (Å²) in [6.07, 6.45) is 0. The van der Waals surface area contributed by atoms with Crippen LogP contribution in [0.4, 0.5) is 5.69 Å². The van der Waals surface area contributed by atoms with Crippen LogP contribution in [0.5, 0.6) is 0 Å². The predicted molar refractivity (Wildman–Crippen MR) is 78.4 cm³/mol. The fourth-order valence-corrected chi connectivity index (χ4v) is 2.74. The number of rotatable bonds is 3. The predicted octanol–water partition coefficient (Wildman–Crippen LogP) is 1.42. The fourth-order valence-electron chi connectivity index (χ4n) is 1.92. The molecule has 3 amide bonds. The molecule has 1 fully saturated rings. The first kappa shape index (κ1) is 14.6. The number of aryl methyl sites for hydroxylation is 1. The zero-order valence-electron chi connectivity index (χ0n) is 11.4. The molecular weight excluding hydrogens is 276 g/mol. The van der Waals surface area contributed by atoms with Crippen molar-refractivity contribution < 1.29 is 14.4 Å². The van der Waals surface area contributed by atoms with Crippen molar-refractivity contribution in [1.82, 2.24) is 4.90 Å². The van der Waals surface area contributed by atoms with Crippen molar-refractivity contribution in [3.8, 4) is 0 Å². The number of benzene rings is 1. The van der Waals surface area contributed by atoms with Crippen LogP contribution in [0.2, 0.25) is 0 Å². The van der Waals surface area contributed by atoms with Gasteiger partial charge in [-0.1, -0.05) is 12.1 Å². The molecule has 2 rings (SSSR count).